The summed E-state index contributed by atoms with van der Waals surface area (Å²) in [6.07, 6.45) is 1.43. The van der Waals surface area contributed by atoms with Gasteiger partial charge in [-0.15, -0.1) is 0 Å². The third-order valence-electron chi connectivity index (χ3n) is 2.91. The topological polar surface area (TPSA) is 93.1 Å². The van der Waals surface area contributed by atoms with E-state index in [0.29, 0.717) is 12.8 Å². The summed E-state index contributed by atoms with van der Waals surface area (Å²) >= 11 is 0. The molecule has 19 heavy (non-hydrogen) atoms. The first-order valence-electron chi connectivity index (χ1n) is 6.31. The summed E-state index contributed by atoms with van der Waals surface area (Å²) in [5.74, 6) is -1.25. The molecule has 1 aliphatic heterocycles. The second kappa shape index (κ2) is 7.37. The van der Waals surface area contributed by atoms with Gasteiger partial charge in [0.25, 0.3) is 0 Å². The number of aliphatic hydroxyl groups is 1. The number of carbonyl (C=O) groups excluding carboxylic acids is 1. The largest absolute Gasteiger partial charge is 0.478 e. The minimum Gasteiger partial charge on any atom is -0.478 e. The van der Waals surface area contributed by atoms with Gasteiger partial charge >= 0.3 is 5.97 Å². The van der Waals surface area contributed by atoms with Gasteiger partial charge in [-0.05, 0) is 26.7 Å². The zero-order valence-electron chi connectivity index (χ0n) is 11.1. The van der Waals surface area contributed by atoms with Crippen molar-refractivity contribution in [1.29, 1.82) is 0 Å². The van der Waals surface area contributed by atoms with Crippen molar-refractivity contribution in [3.05, 3.63) is 12.2 Å². The number of carboxylic acids is 1. The average Bonchev–Trinajstić information content (AvgIpc) is 2.31. The molecule has 108 valence electrons. The third-order valence-corrected chi connectivity index (χ3v) is 2.91. The number of aliphatic carboxylic acids is 1. The molecule has 0 spiro atoms. The number of hydrogen-bond acceptors (Lipinski definition) is 5. The Balaban J connectivity index is 2.33. The molecule has 4 unspecified atom stereocenters. The lowest BCUT2D eigenvalue weighted by Gasteiger charge is -2.31. The first-order chi connectivity index (χ1) is 8.90. The molecule has 6 heteroatoms. The number of ketones is 1. The summed E-state index contributed by atoms with van der Waals surface area (Å²) < 4.78 is 10.8. The van der Waals surface area contributed by atoms with E-state index in [2.05, 4.69) is 0 Å². The quantitative estimate of drug-likeness (QED) is 0.697. The van der Waals surface area contributed by atoms with Gasteiger partial charge in [-0.25, -0.2) is 4.79 Å². The monoisotopic (exact) mass is 272 g/mol. The third kappa shape index (κ3) is 5.50. The van der Waals surface area contributed by atoms with Gasteiger partial charge in [-0.3, -0.25) is 4.79 Å². The number of ether oxygens (including phenoxy) is 2. The Labute approximate surface area is 112 Å². The van der Waals surface area contributed by atoms with E-state index in [1.54, 1.807) is 13.8 Å². The van der Waals surface area contributed by atoms with Gasteiger partial charge in [0.2, 0.25) is 6.29 Å². The van der Waals surface area contributed by atoms with E-state index in [0.717, 1.165) is 6.08 Å². The van der Waals surface area contributed by atoms with Gasteiger partial charge in [-0.2, -0.15) is 0 Å². The highest BCUT2D eigenvalue weighted by atomic mass is 16.7. The Bertz CT molecular complexity index is 351. The van der Waals surface area contributed by atoms with E-state index in [-0.39, 0.29) is 18.3 Å². The molecule has 1 heterocycles. The number of rotatable bonds is 6. The highest BCUT2D eigenvalue weighted by Gasteiger charge is 2.34. The van der Waals surface area contributed by atoms with Crippen molar-refractivity contribution in [3.8, 4) is 0 Å². The SMILES string of the molecule is CC(CCC=CC(=O)O)OC1OC(C)C(O)CC1=O. The molecule has 1 aliphatic rings. The van der Waals surface area contributed by atoms with E-state index in [1.165, 1.54) is 6.08 Å². The summed E-state index contributed by atoms with van der Waals surface area (Å²) in [5, 5.41) is 17.9. The van der Waals surface area contributed by atoms with Crippen molar-refractivity contribution >= 4 is 11.8 Å². The van der Waals surface area contributed by atoms with E-state index >= 15 is 0 Å². The maximum absolute atomic E-state index is 11.6. The fourth-order valence-electron chi connectivity index (χ4n) is 1.73. The molecule has 0 saturated carbocycles. The second-order valence-corrected chi connectivity index (χ2v) is 4.68. The molecule has 1 fully saturated rings. The zero-order valence-corrected chi connectivity index (χ0v) is 11.1. The van der Waals surface area contributed by atoms with Crippen LogP contribution in [0.4, 0.5) is 0 Å². The molecule has 6 nitrogen and oxygen atoms in total. The van der Waals surface area contributed by atoms with Crippen molar-refractivity contribution in [3.63, 3.8) is 0 Å². The van der Waals surface area contributed by atoms with E-state index in [1.807, 2.05) is 0 Å². The molecule has 0 aromatic rings. The standard InChI is InChI=1S/C13H20O6/c1-8(5-3-4-6-12(16)17)18-13-11(15)7-10(14)9(2)19-13/h4,6,8-10,13-14H,3,5,7H2,1-2H3,(H,16,17). The average molecular weight is 272 g/mol. The molecule has 0 bridgehead atoms. The van der Waals surface area contributed by atoms with Crippen LogP contribution in [0, 0.1) is 0 Å². The van der Waals surface area contributed by atoms with Crippen LogP contribution in [0.15, 0.2) is 12.2 Å². The lowest BCUT2D eigenvalue weighted by molar-refractivity contribution is -0.222. The highest BCUT2D eigenvalue weighted by molar-refractivity contribution is 5.83. The van der Waals surface area contributed by atoms with Crippen LogP contribution in [0.5, 0.6) is 0 Å². The molecule has 1 rings (SSSR count). The minimum absolute atomic E-state index is 0.0392. The van der Waals surface area contributed by atoms with Crippen molar-refractivity contribution < 1.29 is 29.3 Å². The van der Waals surface area contributed by atoms with Crippen molar-refractivity contribution in [2.24, 2.45) is 0 Å². The van der Waals surface area contributed by atoms with Crippen molar-refractivity contribution in [1.82, 2.24) is 0 Å². The van der Waals surface area contributed by atoms with Crippen LogP contribution in [0.2, 0.25) is 0 Å². The Morgan fingerprint density at radius 3 is 2.95 bits per heavy atom. The molecule has 0 aliphatic carbocycles. The van der Waals surface area contributed by atoms with Crippen LogP contribution in [-0.2, 0) is 19.1 Å². The second-order valence-electron chi connectivity index (χ2n) is 4.68. The van der Waals surface area contributed by atoms with Crippen LogP contribution in [0.1, 0.15) is 33.1 Å². The van der Waals surface area contributed by atoms with Crippen LogP contribution in [0.3, 0.4) is 0 Å². The van der Waals surface area contributed by atoms with Crippen molar-refractivity contribution in [2.75, 3.05) is 0 Å². The molecule has 2 N–H and O–H groups in total. The van der Waals surface area contributed by atoms with Crippen LogP contribution >= 0.6 is 0 Å². The molecular formula is C13H20O6. The Morgan fingerprint density at radius 1 is 1.63 bits per heavy atom. The molecule has 1 saturated heterocycles. The first-order valence-corrected chi connectivity index (χ1v) is 6.31. The van der Waals surface area contributed by atoms with Gasteiger partial charge in [-0.1, -0.05) is 6.08 Å². The summed E-state index contributed by atoms with van der Waals surface area (Å²) in [6, 6.07) is 0. The Kier molecular flexibility index (Phi) is 6.14. The summed E-state index contributed by atoms with van der Waals surface area (Å²) in [4.78, 5) is 21.9. The summed E-state index contributed by atoms with van der Waals surface area (Å²) in [7, 11) is 0. The maximum Gasteiger partial charge on any atom is 0.327 e. The first kappa shape index (κ1) is 15.8. The van der Waals surface area contributed by atoms with Crippen LogP contribution in [0.25, 0.3) is 0 Å². The maximum atomic E-state index is 11.6. The number of carboxylic acid groups (broad SMARTS) is 1. The molecule has 0 radical (unpaired) electrons. The zero-order chi connectivity index (χ0) is 14.4. The van der Waals surface area contributed by atoms with Crippen LogP contribution < -0.4 is 0 Å². The number of aliphatic hydroxyl groups excluding tert-OH is 1. The lowest BCUT2D eigenvalue weighted by Crippen LogP contribution is -2.45. The van der Waals surface area contributed by atoms with E-state index in [9.17, 15) is 14.7 Å². The summed E-state index contributed by atoms with van der Waals surface area (Å²) in [6.45, 7) is 3.48. The fraction of sp³-hybridized carbons (Fsp3) is 0.692. The van der Waals surface area contributed by atoms with Gasteiger partial charge in [0.15, 0.2) is 5.78 Å². The van der Waals surface area contributed by atoms with Crippen LogP contribution in [-0.4, -0.2) is 46.6 Å². The van der Waals surface area contributed by atoms with Crippen molar-refractivity contribution in [2.45, 2.75) is 57.7 Å². The number of allylic oxidation sites excluding steroid dienone is 1. The minimum atomic E-state index is -0.984. The predicted octanol–water partition coefficient (Wildman–Crippen LogP) is 0.877. The normalized spacial score (nSPS) is 29.6. The number of Topliss-reactive ketones (excluding diaryl/α,β-unsaturated/α-hetero) is 1. The molecule has 0 aromatic heterocycles. The number of hydrogen-bond donors (Lipinski definition) is 2. The predicted molar refractivity (Wildman–Crippen MR) is 66.5 cm³/mol. The summed E-state index contributed by atoms with van der Waals surface area (Å²) in [5.41, 5.74) is 0. The number of carbonyl (C=O) groups is 2. The highest BCUT2D eigenvalue weighted by Crippen LogP contribution is 2.19. The van der Waals surface area contributed by atoms with E-state index in [4.69, 9.17) is 14.6 Å². The van der Waals surface area contributed by atoms with Gasteiger partial charge in [0.1, 0.15) is 0 Å². The Morgan fingerprint density at radius 2 is 2.32 bits per heavy atom. The van der Waals surface area contributed by atoms with Gasteiger partial charge < -0.3 is 19.7 Å². The van der Waals surface area contributed by atoms with E-state index < -0.39 is 24.5 Å². The molecule has 0 amide bonds. The fourth-order valence-corrected chi connectivity index (χ4v) is 1.73. The Hall–Kier alpha value is -1.24. The van der Waals surface area contributed by atoms with Gasteiger partial charge in [0.05, 0.1) is 18.3 Å². The lowest BCUT2D eigenvalue weighted by atomic mass is 10.1. The van der Waals surface area contributed by atoms with Gasteiger partial charge in [0, 0.05) is 12.5 Å². The molecular weight excluding hydrogens is 252 g/mol. The smallest absolute Gasteiger partial charge is 0.327 e. The molecule has 4 atom stereocenters. The molecule has 0 aromatic carbocycles.